The number of aromatic nitrogens is 4. The summed E-state index contributed by atoms with van der Waals surface area (Å²) in [4.78, 5) is 23.5. The van der Waals surface area contributed by atoms with E-state index in [1.54, 1.807) is 4.57 Å². The van der Waals surface area contributed by atoms with Crippen LogP contribution >= 0.6 is 0 Å². The third-order valence-electron chi connectivity index (χ3n) is 2.87. The van der Waals surface area contributed by atoms with Crippen molar-refractivity contribution in [2.75, 3.05) is 0 Å². The van der Waals surface area contributed by atoms with Crippen LogP contribution in [0.25, 0.3) is 5.82 Å². The van der Waals surface area contributed by atoms with Gasteiger partial charge < -0.3 is 5.11 Å². The lowest BCUT2D eigenvalue weighted by atomic mass is 10.3. The zero-order valence-corrected chi connectivity index (χ0v) is 9.87. The third-order valence-corrected chi connectivity index (χ3v) is 2.87. The average molecular weight is 244 g/mol. The quantitative estimate of drug-likeness (QED) is 0.885. The number of carboxylic acid groups (broad SMARTS) is 1. The van der Waals surface area contributed by atoms with Crippen LogP contribution in [-0.4, -0.2) is 30.6 Å². The highest BCUT2D eigenvalue weighted by atomic mass is 16.4. The molecule has 0 radical (unpaired) electrons. The van der Waals surface area contributed by atoms with Crippen LogP contribution in [0.15, 0.2) is 18.6 Å². The number of hydrogen-bond donors (Lipinski definition) is 1. The molecule has 6 nitrogen and oxygen atoms in total. The maximum atomic E-state index is 10.8. The molecule has 1 saturated carbocycles. The van der Waals surface area contributed by atoms with Crippen molar-refractivity contribution < 1.29 is 9.90 Å². The fourth-order valence-corrected chi connectivity index (χ4v) is 1.79. The summed E-state index contributed by atoms with van der Waals surface area (Å²) < 4.78 is 1.62. The summed E-state index contributed by atoms with van der Waals surface area (Å²) in [5.74, 6) is 0.938. The van der Waals surface area contributed by atoms with Gasteiger partial charge in [0.2, 0.25) is 0 Å². The van der Waals surface area contributed by atoms with E-state index in [0.29, 0.717) is 11.7 Å². The first-order valence-corrected chi connectivity index (χ1v) is 5.77. The van der Waals surface area contributed by atoms with Crippen LogP contribution in [0.2, 0.25) is 0 Å². The Kier molecular flexibility index (Phi) is 2.36. The SMILES string of the molecule is Cc1cc(-n2cnc(C(=O)O)c2)nc(C2CC2)n1. The van der Waals surface area contributed by atoms with E-state index in [-0.39, 0.29) is 5.69 Å². The molecule has 1 aliphatic rings. The van der Waals surface area contributed by atoms with Gasteiger partial charge in [-0.05, 0) is 19.8 Å². The minimum absolute atomic E-state index is 0.0132. The lowest BCUT2D eigenvalue weighted by Crippen LogP contribution is -2.02. The van der Waals surface area contributed by atoms with Crippen molar-refractivity contribution in [2.45, 2.75) is 25.7 Å². The number of aryl methyl sites for hydroxylation is 1. The topological polar surface area (TPSA) is 80.9 Å². The van der Waals surface area contributed by atoms with Crippen molar-refractivity contribution in [1.29, 1.82) is 0 Å². The highest BCUT2D eigenvalue weighted by Gasteiger charge is 2.27. The fourth-order valence-electron chi connectivity index (χ4n) is 1.79. The molecule has 2 heterocycles. The van der Waals surface area contributed by atoms with Crippen molar-refractivity contribution in [2.24, 2.45) is 0 Å². The van der Waals surface area contributed by atoms with Gasteiger partial charge in [0.15, 0.2) is 5.69 Å². The summed E-state index contributed by atoms with van der Waals surface area (Å²) in [5, 5.41) is 8.84. The Labute approximate surface area is 103 Å². The molecule has 92 valence electrons. The molecule has 1 aliphatic carbocycles. The molecule has 0 atom stereocenters. The average Bonchev–Trinajstić information content (AvgIpc) is 3.05. The van der Waals surface area contributed by atoms with Crippen molar-refractivity contribution in [3.8, 4) is 5.82 Å². The molecule has 0 saturated heterocycles. The van der Waals surface area contributed by atoms with Gasteiger partial charge in [-0.1, -0.05) is 0 Å². The molecule has 1 N–H and O–H groups in total. The summed E-state index contributed by atoms with van der Waals surface area (Å²) in [6, 6.07) is 1.82. The fraction of sp³-hybridized carbons (Fsp3) is 0.333. The Morgan fingerprint density at radius 2 is 2.22 bits per heavy atom. The van der Waals surface area contributed by atoms with E-state index in [1.165, 1.54) is 12.5 Å². The second kappa shape index (κ2) is 3.90. The van der Waals surface area contributed by atoms with Crippen LogP contribution in [0.1, 0.15) is 40.8 Å². The molecule has 6 heteroatoms. The molecule has 3 rings (SSSR count). The van der Waals surface area contributed by atoms with Crippen molar-refractivity contribution in [3.05, 3.63) is 35.8 Å². The molecule has 0 aromatic carbocycles. The summed E-state index contributed by atoms with van der Waals surface area (Å²) in [6.45, 7) is 1.91. The van der Waals surface area contributed by atoms with E-state index in [9.17, 15) is 4.79 Å². The van der Waals surface area contributed by atoms with Crippen molar-refractivity contribution >= 4 is 5.97 Å². The first-order valence-electron chi connectivity index (χ1n) is 5.77. The van der Waals surface area contributed by atoms with Gasteiger partial charge in [0.1, 0.15) is 18.0 Å². The zero-order valence-electron chi connectivity index (χ0n) is 9.87. The minimum atomic E-state index is -1.04. The zero-order chi connectivity index (χ0) is 12.7. The number of rotatable bonds is 3. The summed E-state index contributed by atoms with van der Waals surface area (Å²) in [5.41, 5.74) is 0.895. The summed E-state index contributed by atoms with van der Waals surface area (Å²) in [6.07, 6.45) is 5.18. The molecule has 2 aromatic heterocycles. The van der Waals surface area contributed by atoms with Gasteiger partial charge in [-0.25, -0.2) is 19.7 Å². The number of nitrogens with zero attached hydrogens (tertiary/aromatic N) is 4. The maximum absolute atomic E-state index is 10.8. The van der Waals surface area contributed by atoms with Gasteiger partial charge in [-0.2, -0.15) is 0 Å². The van der Waals surface area contributed by atoms with Gasteiger partial charge >= 0.3 is 5.97 Å². The third kappa shape index (κ3) is 1.97. The molecule has 0 unspecified atom stereocenters. The second-order valence-electron chi connectivity index (χ2n) is 4.47. The molecular formula is C12H12N4O2. The van der Waals surface area contributed by atoms with Crippen LogP contribution < -0.4 is 0 Å². The van der Waals surface area contributed by atoms with E-state index < -0.39 is 5.97 Å². The van der Waals surface area contributed by atoms with E-state index in [0.717, 1.165) is 24.4 Å². The first kappa shape index (κ1) is 10.9. The van der Waals surface area contributed by atoms with E-state index in [1.807, 2.05) is 13.0 Å². The molecule has 0 spiro atoms. The standard InChI is InChI=1S/C12H12N4O2/c1-7-4-10(15-11(14-7)8-2-3-8)16-5-9(12(17)18)13-6-16/h4-6,8H,2-3H2,1H3,(H,17,18). The van der Waals surface area contributed by atoms with Gasteiger partial charge in [0.25, 0.3) is 0 Å². The van der Waals surface area contributed by atoms with Gasteiger partial charge in [-0.3, -0.25) is 4.57 Å². The van der Waals surface area contributed by atoms with Gasteiger partial charge in [0.05, 0.1) is 0 Å². The smallest absolute Gasteiger partial charge is 0.356 e. The Hall–Kier alpha value is -2.24. The number of imidazole rings is 1. The Morgan fingerprint density at radius 3 is 2.83 bits per heavy atom. The van der Waals surface area contributed by atoms with Crippen molar-refractivity contribution in [1.82, 2.24) is 19.5 Å². The van der Waals surface area contributed by atoms with Crippen LogP contribution in [0.3, 0.4) is 0 Å². The number of hydrogen-bond acceptors (Lipinski definition) is 4. The molecule has 0 amide bonds. The van der Waals surface area contributed by atoms with Gasteiger partial charge in [0, 0.05) is 23.9 Å². The molecule has 0 bridgehead atoms. The summed E-state index contributed by atoms with van der Waals surface area (Å²) in [7, 11) is 0. The minimum Gasteiger partial charge on any atom is -0.476 e. The predicted octanol–water partition coefficient (Wildman–Crippen LogP) is 1.55. The lowest BCUT2D eigenvalue weighted by Gasteiger charge is -2.05. The Balaban J connectivity index is 2.01. The molecule has 0 aliphatic heterocycles. The normalized spacial score (nSPS) is 14.7. The Morgan fingerprint density at radius 1 is 1.44 bits per heavy atom. The molecule has 2 aromatic rings. The molecule has 18 heavy (non-hydrogen) atoms. The van der Waals surface area contributed by atoms with Crippen LogP contribution in [0.5, 0.6) is 0 Å². The predicted molar refractivity (Wildman–Crippen MR) is 62.8 cm³/mol. The van der Waals surface area contributed by atoms with E-state index >= 15 is 0 Å². The van der Waals surface area contributed by atoms with Crippen molar-refractivity contribution in [3.63, 3.8) is 0 Å². The number of carbonyl (C=O) groups is 1. The number of carboxylic acids is 1. The summed E-state index contributed by atoms with van der Waals surface area (Å²) >= 11 is 0. The lowest BCUT2D eigenvalue weighted by molar-refractivity contribution is 0.0691. The largest absolute Gasteiger partial charge is 0.476 e. The first-order chi connectivity index (χ1) is 8.63. The van der Waals surface area contributed by atoms with E-state index in [4.69, 9.17) is 5.11 Å². The molecular weight excluding hydrogens is 232 g/mol. The monoisotopic (exact) mass is 244 g/mol. The van der Waals surface area contributed by atoms with Crippen LogP contribution in [-0.2, 0) is 0 Å². The highest BCUT2D eigenvalue weighted by molar-refractivity contribution is 5.85. The second-order valence-corrected chi connectivity index (χ2v) is 4.47. The van der Waals surface area contributed by atoms with Gasteiger partial charge in [-0.15, -0.1) is 0 Å². The van der Waals surface area contributed by atoms with Crippen LogP contribution in [0, 0.1) is 6.92 Å². The Bertz CT molecular complexity index is 616. The highest BCUT2D eigenvalue weighted by Crippen LogP contribution is 2.38. The van der Waals surface area contributed by atoms with E-state index in [2.05, 4.69) is 15.0 Å². The van der Waals surface area contributed by atoms with Crippen LogP contribution in [0.4, 0.5) is 0 Å². The number of aromatic carboxylic acids is 1. The molecule has 1 fully saturated rings. The maximum Gasteiger partial charge on any atom is 0.356 e.